The Morgan fingerprint density at radius 1 is 1.35 bits per heavy atom. The zero-order valence-electron chi connectivity index (χ0n) is 12.2. The van der Waals surface area contributed by atoms with E-state index in [1.165, 1.54) is 19.3 Å². The molecule has 2 atom stereocenters. The van der Waals surface area contributed by atoms with Crippen molar-refractivity contribution in [2.75, 3.05) is 0 Å². The maximum atomic E-state index is 11.6. The van der Waals surface area contributed by atoms with E-state index in [2.05, 4.69) is 20.1 Å². The normalized spacial score (nSPS) is 41.9. The molecule has 1 N–H and O–H groups in total. The monoisotopic (exact) mass is 274 g/mol. The maximum absolute atomic E-state index is 11.6. The Hall–Kier alpha value is -1.39. The third kappa shape index (κ3) is 1.71. The number of carbonyl (C=O) groups excluding carboxylic acids is 1. The predicted octanol–water partition coefficient (Wildman–Crippen LogP) is 1.77. The number of nitrogens with one attached hydrogen (secondary N) is 1. The van der Waals surface area contributed by atoms with Crippen LogP contribution in [-0.4, -0.2) is 26.2 Å². The van der Waals surface area contributed by atoms with Gasteiger partial charge in [0.15, 0.2) is 0 Å². The van der Waals surface area contributed by atoms with E-state index in [1.807, 2.05) is 13.3 Å². The first-order valence-corrected chi connectivity index (χ1v) is 7.66. The van der Waals surface area contributed by atoms with Crippen molar-refractivity contribution in [3.05, 3.63) is 12.2 Å². The summed E-state index contributed by atoms with van der Waals surface area (Å²) in [5, 5.41) is 7.89. The molecule has 0 spiro atoms. The summed E-state index contributed by atoms with van der Waals surface area (Å²) in [5.41, 5.74) is 0.101. The first-order valence-electron chi connectivity index (χ1n) is 7.66. The molecule has 1 heterocycles. The Kier molecular flexibility index (Phi) is 2.37. The second kappa shape index (κ2) is 3.83. The summed E-state index contributed by atoms with van der Waals surface area (Å²) < 4.78 is 2.11. The second-order valence-corrected chi connectivity index (χ2v) is 7.38. The molecule has 5 nitrogen and oxygen atoms in total. The van der Waals surface area contributed by atoms with Crippen molar-refractivity contribution in [1.82, 2.24) is 20.1 Å². The highest BCUT2D eigenvalue weighted by atomic mass is 16.1. The average molecular weight is 274 g/mol. The summed E-state index contributed by atoms with van der Waals surface area (Å²) in [4.78, 5) is 15.9. The van der Waals surface area contributed by atoms with Gasteiger partial charge in [0.1, 0.15) is 12.2 Å². The van der Waals surface area contributed by atoms with E-state index < -0.39 is 0 Å². The molecule has 4 fully saturated rings. The lowest BCUT2D eigenvalue weighted by molar-refractivity contribution is -0.128. The zero-order chi connectivity index (χ0) is 14.0. The van der Waals surface area contributed by atoms with E-state index in [1.54, 1.807) is 6.92 Å². The summed E-state index contributed by atoms with van der Waals surface area (Å²) in [5.74, 6) is 2.41. The Bertz CT molecular complexity index is 550. The Morgan fingerprint density at radius 3 is 2.60 bits per heavy atom. The number of hydrogen-bond donors (Lipinski definition) is 1. The SMILES string of the molecule is CC(=O)NC12CC3CC(C1)CC(n1cnc(C)n1)(C3)C2. The number of carbonyl (C=O) groups is 1. The third-order valence-corrected chi connectivity index (χ3v) is 5.56. The fraction of sp³-hybridized carbons (Fsp3) is 0.800. The van der Waals surface area contributed by atoms with E-state index in [0.717, 1.165) is 36.9 Å². The lowest BCUT2D eigenvalue weighted by Crippen LogP contribution is -2.65. The van der Waals surface area contributed by atoms with Gasteiger partial charge in [0.25, 0.3) is 0 Å². The summed E-state index contributed by atoms with van der Waals surface area (Å²) >= 11 is 0. The van der Waals surface area contributed by atoms with E-state index in [4.69, 9.17) is 0 Å². The molecule has 1 amide bonds. The van der Waals surface area contributed by atoms with Gasteiger partial charge >= 0.3 is 0 Å². The largest absolute Gasteiger partial charge is 0.351 e. The maximum Gasteiger partial charge on any atom is 0.217 e. The van der Waals surface area contributed by atoms with E-state index >= 15 is 0 Å². The number of aryl methyl sites for hydroxylation is 1. The predicted molar refractivity (Wildman–Crippen MR) is 74.0 cm³/mol. The molecule has 20 heavy (non-hydrogen) atoms. The van der Waals surface area contributed by atoms with Gasteiger partial charge in [0, 0.05) is 12.5 Å². The number of nitrogens with zero attached hydrogens (tertiary/aromatic N) is 3. The topological polar surface area (TPSA) is 59.8 Å². The number of rotatable bonds is 2. The fourth-order valence-electron chi connectivity index (χ4n) is 5.58. The zero-order valence-corrected chi connectivity index (χ0v) is 12.2. The molecule has 5 rings (SSSR count). The smallest absolute Gasteiger partial charge is 0.217 e. The van der Waals surface area contributed by atoms with Crippen LogP contribution in [0.5, 0.6) is 0 Å². The first kappa shape index (κ1) is 12.4. The number of aromatic nitrogens is 3. The van der Waals surface area contributed by atoms with Crippen LogP contribution in [0.25, 0.3) is 0 Å². The van der Waals surface area contributed by atoms with Crippen LogP contribution >= 0.6 is 0 Å². The Morgan fingerprint density at radius 2 is 2.05 bits per heavy atom. The molecule has 108 valence electrons. The van der Waals surface area contributed by atoms with Gasteiger partial charge in [-0.1, -0.05) is 0 Å². The number of amides is 1. The quantitative estimate of drug-likeness (QED) is 0.894. The van der Waals surface area contributed by atoms with Crippen molar-refractivity contribution in [1.29, 1.82) is 0 Å². The van der Waals surface area contributed by atoms with Crippen LogP contribution in [0, 0.1) is 18.8 Å². The van der Waals surface area contributed by atoms with Crippen LogP contribution in [0.4, 0.5) is 0 Å². The lowest BCUT2D eigenvalue weighted by Gasteiger charge is -2.61. The summed E-state index contributed by atoms with van der Waals surface area (Å²) in [6.07, 6.45) is 8.95. The Labute approximate surface area is 119 Å². The molecule has 0 radical (unpaired) electrons. The minimum atomic E-state index is 0.00969. The van der Waals surface area contributed by atoms with Gasteiger partial charge in [-0.25, -0.2) is 9.67 Å². The molecule has 4 saturated carbocycles. The highest BCUT2D eigenvalue weighted by Crippen LogP contribution is 2.60. The highest BCUT2D eigenvalue weighted by Gasteiger charge is 2.59. The van der Waals surface area contributed by atoms with Gasteiger partial charge in [-0.3, -0.25) is 4.79 Å². The minimum absolute atomic E-state index is 0.00969. The summed E-state index contributed by atoms with van der Waals surface area (Å²) in [7, 11) is 0. The number of hydrogen-bond acceptors (Lipinski definition) is 3. The van der Waals surface area contributed by atoms with Crippen molar-refractivity contribution in [3.8, 4) is 0 Å². The van der Waals surface area contributed by atoms with Gasteiger partial charge in [0.05, 0.1) is 5.54 Å². The molecule has 2 unspecified atom stereocenters. The van der Waals surface area contributed by atoms with E-state index in [-0.39, 0.29) is 17.0 Å². The van der Waals surface area contributed by atoms with Crippen molar-refractivity contribution >= 4 is 5.91 Å². The molecule has 0 aliphatic heterocycles. The van der Waals surface area contributed by atoms with Gasteiger partial charge in [-0.2, -0.15) is 5.10 Å². The standard InChI is InChI=1S/C15H22N4O/c1-10-16-9-19(18-10)15-6-12-3-13(7-15)5-14(4-12,8-15)17-11(2)20/h9,12-13H,3-8H2,1-2H3,(H,17,20). The van der Waals surface area contributed by atoms with Crippen LogP contribution in [0.2, 0.25) is 0 Å². The van der Waals surface area contributed by atoms with Gasteiger partial charge in [-0.05, 0) is 57.3 Å². The van der Waals surface area contributed by atoms with Crippen molar-refractivity contribution in [3.63, 3.8) is 0 Å². The third-order valence-electron chi connectivity index (χ3n) is 5.56. The Balaban J connectivity index is 1.73. The lowest BCUT2D eigenvalue weighted by atomic mass is 9.50. The van der Waals surface area contributed by atoms with Crippen LogP contribution in [0.15, 0.2) is 6.33 Å². The molecule has 5 heteroatoms. The van der Waals surface area contributed by atoms with E-state index in [9.17, 15) is 4.79 Å². The average Bonchev–Trinajstić information content (AvgIpc) is 2.72. The molecule has 0 aromatic carbocycles. The van der Waals surface area contributed by atoms with Gasteiger partial charge in [-0.15, -0.1) is 0 Å². The minimum Gasteiger partial charge on any atom is -0.351 e. The summed E-state index contributed by atoms with van der Waals surface area (Å²) in [6.45, 7) is 3.59. The van der Waals surface area contributed by atoms with Gasteiger partial charge in [0.2, 0.25) is 5.91 Å². The molecule has 0 saturated heterocycles. The molecule has 4 aliphatic carbocycles. The molecular formula is C15H22N4O. The van der Waals surface area contributed by atoms with Crippen LogP contribution in [-0.2, 0) is 10.3 Å². The molecule has 1 aromatic rings. The first-order chi connectivity index (χ1) is 9.49. The molecule has 4 bridgehead atoms. The van der Waals surface area contributed by atoms with Crippen molar-refractivity contribution < 1.29 is 4.79 Å². The van der Waals surface area contributed by atoms with E-state index in [0.29, 0.717) is 0 Å². The highest BCUT2D eigenvalue weighted by molar-refractivity contribution is 5.74. The van der Waals surface area contributed by atoms with Crippen LogP contribution < -0.4 is 5.32 Å². The fourth-order valence-corrected chi connectivity index (χ4v) is 5.58. The van der Waals surface area contributed by atoms with Crippen molar-refractivity contribution in [2.24, 2.45) is 11.8 Å². The molecule has 4 aliphatic rings. The van der Waals surface area contributed by atoms with Gasteiger partial charge < -0.3 is 5.32 Å². The summed E-state index contributed by atoms with van der Waals surface area (Å²) in [6, 6.07) is 0. The molecular weight excluding hydrogens is 252 g/mol. The van der Waals surface area contributed by atoms with Crippen molar-refractivity contribution in [2.45, 2.75) is 63.5 Å². The van der Waals surface area contributed by atoms with Crippen LogP contribution in [0.3, 0.4) is 0 Å². The second-order valence-electron chi connectivity index (χ2n) is 7.38. The molecule has 1 aromatic heterocycles. The van der Waals surface area contributed by atoms with Crippen LogP contribution in [0.1, 0.15) is 51.3 Å².